The standard InChI is InChI=1S/C31H33F2N5O5S/c32-19-15-20(33)17-23(16-19)44(40,41)22-3-5-26-25(18-22)30(37-36-26)28-27(43-14-11-38-9-1-2-10-38)6-4-24(31(34)39)29(28)35-21-7-12-42-13-8-21/h3-6,15-18,21,35H,1-2,7-14H2,(H2,34,39)(H,36,37). The molecule has 3 heterocycles. The first-order chi connectivity index (χ1) is 21.2. The van der Waals surface area contributed by atoms with Gasteiger partial charge in [-0.25, -0.2) is 17.2 Å². The van der Waals surface area contributed by atoms with Crippen molar-refractivity contribution in [2.45, 2.75) is 41.5 Å². The van der Waals surface area contributed by atoms with E-state index in [-0.39, 0.29) is 16.5 Å². The fraction of sp³-hybridized carbons (Fsp3) is 0.355. The van der Waals surface area contributed by atoms with E-state index in [1.807, 2.05) is 0 Å². The molecule has 0 unspecified atom stereocenters. The Bertz CT molecular complexity index is 1780. The number of hydrogen-bond donors (Lipinski definition) is 3. The molecule has 2 aliphatic rings. The molecule has 0 radical (unpaired) electrons. The highest BCUT2D eigenvalue weighted by atomic mass is 32.2. The van der Waals surface area contributed by atoms with E-state index in [4.69, 9.17) is 15.2 Å². The van der Waals surface area contributed by atoms with Crippen LogP contribution in [0.3, 0.4) is 0 Å². The van der Waals surface area contributed by atoms with Crippen molar-refractivity contribution in [3.8, 4) is 17.0 Å². The number of benzene rings is 3. The number of H-pyrrole nitrogens is 1. The molecule has 2 aliphatic heterocycles. The zero-order chi connectivity index (χ0) is 30.8. The second kappa shape index (κ2) is 12.5. The molecule has 0 bridgehead atoms. The Kier molecular flexibility index (Phi) is 8.52. The van der Waals surface area contributed by atoms with Gasteiger partial charge in [-0.15, -0.1) is 0 Å². The second-order valence-corrected chi connectivity index (χ2v) is 13.0. The van der Waals surface area contributed by atoms with Crippen molar-refractivity contribution < 1.29 is 31.5 Å². The molecular weight excluding hydrogens is 592 g/mol. The number of fused-ring (bicyclic) bond motifs is 1. The number of amides is 1. The lowest BCUT2D eigenvalue weighted by Gasteiger charge is -2.27. The Morgan fingerprint density at radius 2 is 1.77 bits per heavy atom. The minimum Gasteiger partial charge on any atom is -0.491 e. The lowest BCUT2D eigenvalue weighted by molar-refractivity contribution is 0.0904. The molecule has 13 heteroatoms. The van der Waals surface area contributed by atoms with Gasteiger partial charge in [0.1, 0.15) is 29.7 Å². The molecule has 4 N–H and O–H groups in total. The molecule has 6 rings (SSSR count). The van der Waals surface area contributed by atoms with Crippen LogP contribution in [0.25, 0.3) is 22.2 Å². The van der Waals surface area contributed by atoms with E-state index < -0.39 is 32.3 Å². The lowest BCUT2D eigenvalue weighted by Crippen LogP contribution is -2.29. The van der Waals surface area contributed by atoms with Crippen LogP contribution in [-0.2, 0) is 14.6 Å². The normalized spacial score (nSPS) is 16.4. The molecule has 10 nitrogen and oxygen atoms in total. The maximum absolute atomic E-state index is 14.0. The van der Waals surface area contributed by atoms with Crippen LogP contribution in [0.15, 0.2) is 58.3 Å². The number of likely N-dealkylation sites (tertiary alicyclic amines) is 1. The third-order valence-electron chi connectivity index (χ3n) is 8.09. The van der Waals surface area contributed by atoms with E-state index in [9.17, 15) is 22.0 Å². The van der Waals surface area contributed by atoms with Gasteiger partial charge in [0, 0.05) is 37.3 Å². The first-order valence-electron chi connectivity index (χ1n) is 14.6. The van der Waals surface area contributed by atoms with Crippen LogP contribution >= 0.6 is 0 Å². The summed E-state index contributed by atoms with van der Waals surface area (Å²) in [7, 11) is -4.30. The van der Waals surface area contributed by atoms with Crippen molar-refractivity contribution in [2.24, 2.45) is 5.73 Å². The number of aromatic nitrogens is 2. The summed E-state index contributed by atoms with van der Waals surface area (Å²) < 4.78 is 66.7. The van der Waals surface area contributed by atoms with Gasteiger partial charge in [-0.1, -0.05) is 0 Å². The van der Waals surface area contributed by atoms with Crippen LogP contribution in [-0.4, -0.2) is 74.9 Å². The summed E-state index contributed by atoms with van der Waals surface area (Å²) in [6.45, 7) is 4.21. The number of nitrogens with two attached hydrogens (primary N) is 1. The van der Waals surface area contributed by atoms with E-state index >= 15 is 0 Å². The SMILES string of the molecule is NC(=O)c1ccc(OCCN2CCCC2)c(-c2n[nH]c3ccc(S(=O)(=O)c4cc(F)cc(F)c4)cc23)c1NC1CCOCC1. The fourth-order valence-electron chi connectivity index (χ4n) is 5.80. The van der Waals surface area contributed by atoms with Crippen LogP contribution in [0.2, 0.25) is 0 Å². The maximum atomic E-state index is 14.0. The highest BCUT2D eigenvalue weighted by Gasteiger charge is 2.27. The first-order valence-corrected chi connectivity index (χ1v) is 16.0. The molecule has 44 heavy (non-hydrogen) atoms. The smallest absolute Gasteiger partial charge is 0.250 e. The molecule has 1 aromatic heterocycles. The summed E-state index contributed by atoms with van der Waals surface area (Å²) in [5, 5.41) is 11.4. The molecule has 0 saturated carbocycles. The van der Waals surface area contributed by atoms with Crippen molar-refractivity contribution in [1.82, 2.24) is 15.1 Å². The summed E-state index contributed by atoms with van der Waals surface area (Å²) in [5.41, 5.74) is 7.78. The Balaban J connectivity index is 1.48. The van der Waals surface area contributed by atoms with Crippen molar-refractivity contribution >= 4 is 32.3 Å². The molecule has 232 valence electrons. The predicted molar refractivity (Wildman–Crippen MR) is 160 cm³/mol. The van der Waals surface area contributed by atoms with Crippen LogP contribution in [0.1, 0.15) is 36.0 Å². The van der Waals surface area contributed by atoms with E-state index in [0.29, 0.717) is 78.9 Å². The topological polar surface area (TPSA) is 140 Å². The second-order valence-electron chi connectivity index (χ2n) is 11.0. The van der Waals surface area contributed by atoms with Gasteiger partial charge in [0.2, 0.25) is 9.84 Å². The van der Waals surface area contributed by atoms with Crippen molar-refractivity contribution in [1.29, 1.82) is 0 Å². The van der Waals surface area contributed by atoms with Crippen LogP contribution < -0.4 is 15.8 Å². The third kappa shape index (κ3) is 6.12. The number of ether oxygens (including phenoxy) is 2. The average Bonchev–Trinajstić information content (AvgIpc) is 3.67. The van der Waals surface area contributed by atoms with Gasteiger partial charge in [0.25, 0.3) is 5.91 Å². The monoisotopic (exact) mass is 625 g/mol. The quantitative estimate of drug-likeness (QED) is 0.234. The molecule has 2 fully saturated rings. The van der Waals surface area contributed by atoms with Gasteiger partial charge in [0.15, 0.2) is 0 Å². The molecule has 0 aliphatic carbocycles. The van der Waals surface area contributed by atoms with Crippen LogP contribution in [0.5, 0.6) is 5.75 Å². The molecule has 0 spiro atoms. The van der Waals surface area contributed by atoms with Gasteiger partial charge >= 0.3 is 0 Å². The van der Waals surface area contributed by atoms with Gasteiger partial charge in [-0.3, -0.25) is 14.8 Å². The highest BCUT2D eigenvalue weighted by Crippen LogP contribution is 2.43. The Morgan fingerprint density at radius 1 is 1.05 bits per heavy atom. The maximum Gasteiger partial charge on any atom is 0.250 e. The van der Waals surface area contributed by atoms with Gasteiger partial charge < -0.3 is 20.5 Å². The Hall–Kier alpha value is -4.07. The van der Waals surface area contributed by atoms with Crippen molar-refractivity contribution in [3.05, 3.63) is 65.7 Å². The number of halogens is 2. The number of primary amides is 1. The number of rotatable bonds is 10. The number of anilines is 1. The van der Waals surface area contributed by atoms with Gasteiger partial charge in [0.05, 0.1) is 32.1 Å². The van der Waals surface area contributed by atoms with E-state index in [2.05, 4.69) is 20.4 Å². The number of aromatic amines is 1. The average molecular weight is 626 g/mol. The summed E-state index contributed by atoms with van der Waals surface area (Å²) in [4.78, 5) is 14.3. The van der Waals surface area contributed by atoms with E-state index in [0.717, 1.165) is 38.1 Å². The van der Waals surface area contributed by atoms with E-state index in [1.54, 1.807) is 12.1 Å². The molecule has 2 saturated heterocycles. The number of hydrogen-bond acceptors (Lipinski definition) is 8. The molecule has 4 aromatic rings. The zero-order valence-electron chi connectivity index (χ0n) is 23.9. The van der Waals surface area contributed by atoms with Gasteiger partial charge in [-0.05, 0) is 81.2 Å². The first kappa shape index (κ1) is 30.0. The van der Waals surface area contributed by atoms with E-state index in [1.165, 1.54) is 18.2 Å². The largest absolute Gasteiger partial charge is 0.491 e. The Labute approximate surface area is 253 Å². The molecular formula is C31H33F2N5O5S. The number of nitrogens with zero attached hydrogens (tertiary/aromatic N) is 2. The van der Waals surface area contributed by atoms with Crippen LogP contribution in [0, 0.1) is 11.6 Å². The number of nitrogens with one attached hydrogen (secondary N) is 2. The molecule has 0 atom stereocenters. The van der Waals surface area contributed by atoms with Crippen molar-refractivity contribution in [3.63, 3.8) is 0 Å². The van der Waals surface area contributed by atoms with Crippen molar-refractivity contribution in [2.75, 3.05) is 44.8 Å². The summed E-state index contributed by atoms with van der Waals surface area (Å²) >= 11 is 0. The van der Waals surface area contributed by atoms with Crippen LogP contribution in [0.4, 0.5) is 14.5 Å². The number of carbonyl (C=O) groups is 1. The van der Waals surface area contributed by atoms with Gasteiger partial charge in [-0.2, -0.15) is 5.10 Å². The molecule has 3 aromatic carbocycles. The molecule has 1 amide bonds. The Morgan fingerprint density at radius 3 is 2.48 bits per heavy atom. The number of sulfone groups is 1. The third-order valence-corrected chi connectivity index (χ3v) is 9.82. The lowest BCUT2D eigenvalue weighted by atomic mass is 9.98. The summed E-state index contributed by atoms with van der Waals surface area (Å²) in [5.74, 6) is -2.22. The number of carbonyl (C=O) groups excluding carboxylic acids is 1. The predicted octanol–water partition coefficient (Wildman–Crippen LogP) is 4.51. The highest BCUT2D eigenvalue weighted by molar-refractivity contribution is 7.91. The minimum atomic E-state index is -4.30. The zero-order valence-corrected chi connectivity index (χ0v) is 24.8. The minimum absolute atomic E-state index is 0.0236. The fourth-order valence-corrected chi connectivity index (χ4v) is 7.13. The summed E-state index contributed by atoms with van der Waals surface area (Å²) in [6.07, 6.45) is 3.69. The summed E-state index contributed by atoms with van der Waals surface area (Å²) in [6, 6.07) is 9.70.